The maximum absolute atomic E-state index is 10.6. The molecule has 1 aliphatic rings. The number of carbonyl (C=O) groups is 1. The number of aliphatic carboxylic acids is 1. The lowest BCUT2D eigenvalue weighted by Gasteiger charge is -2.13. The van der Waals surface area contributed by atoms with Gasteiger partial charge in [-0.15, -0.1) is 0 Å². The first-order chi connectivity index (χ1) is 8.54. The molecule has 0 saturated carbocycles. The van der Waals surface area contributed by atoms with Gasteiger partial charge in [0.1, 0.15) is 10.7 Å². The van der Waals surface area contributed by atoms with Crippen molar-refractivity contribution in [2.75, 3.05) is 13.1 Å². The van der Waals surface area contributed by atoms with Gasteiger partial charge in [0.15, 0.2) is 0 Å². The first-order valence-corrected chi connectivity index (χ1v) is 5.72. The summed E-state index contributed by atoms with van der Waals surface area (Å²) in [5.41, 5.74) is 0. The summed E-state index contributed by atoms with van der Waals surface area (Å²) in [6.45, 7) is 1.98. The second-order valence-corrected chi connectivity index (χ2v) is 4.48. The Morgan fingerprint density at radius 1 is 1.61 bits per heavy atom. The molecule has 0 aliphatic carbocycles. The van der Waals surface area contributed by atoms with Crippen molar-refractivity contribution in [2.24, 2.45) is 5.92 Å². The van der Waals surface area contributed by atoms with E-state index in [1.807, 2.05) is 0 Å². The molecule has 1 aliphatic heterocycles. The SMILES string of the molecule is O=C(O)CC1CCN(Cc2ccc([N+](=O)[O-])o2)C1. The predicted octanol–water partition coefficient (Wildman–Crippen LogP) is 1.48. The molecule has 2 rings (SSSR count). The highest BCUT2D eigenvalue weighted by Crippen LogP contribution is 2.23. The third-order valence-corrected chi connectivity index (χ3v) is 3.04. The molecule has 1 unspecified atom stereocenters. The van der Waals surface area contributed by atoms with E-state index in [2.05, 4.69) is 4.90 Å². The normalized spacial score (nSPS) is 20.1. The molecule has 1 saturated heterocycles. The van der Waals surface area contributed by atoms with Crippen LogP contribution in [0.2, 0.25) is 0 Å². The zero-order valence-electron chi connectivity index (χ0n) is 9.74. The maximum Gasteiger partial charge on any atom is 0.433 e. The Morgan fingerprint density at radius 3 is 3.00 bits per heavy atom. The Morgan fingerprint density at radius 2 is 2.39 bits per heavy atom. The van der Waals surface area contributed by atoms with Crippen LogP contribution in [0.5, 0.6) is 0 Å². The molecule has 18 heavy (non-hydrogen) atoms. The molecule has 0 bridgehead atoms. The average Bonchev–Trinajstić information content (AvgIpc) is 2.88. The van der Waals surface area contributed by atoms with Gasteiger partial charge in [-0.1, -0.05) is 0 Å². The monoisotopic (exact) mass is 254 g/mol. The topological polar surface area (TPSA) is 96.8 Å². The summed E-state index contributed by atoms with van der Waals surface area (Å²) in [6.07, 6.45) is 1.02. The number of rotatable bonds is 5. The van der Waals surface area contributed by atoms with Gasteiger partial charge in [0.2, 0.25) is 0 Å². The molecule has 1 fully saturated rings. The van der Waals surface area contributed by atoms with Gasteiger partial charge < -0.3 is 9.52 Å². The lowest BCUT2D eigenvalue weighted by atomic mass is 10.1. The van der Waals surface area contributed by atoms with Gasteiger partial charge in [-0.3, -0.25) is 19.8 Å². The summed E-state index contributed by atoms with van der Waals surface area (Å²) in [4.78, 5) is 22.5. The van der Waals surface area contributed by atoms with E-state index in [0.717, 1.165) is 13.0 Å². The minimum Gasteiger partial charge on any atom is -0.481 e. The van der Waals surface area contributed by atoms with Crippen LogP contribution in [-0.4, -0.2) is 34.0 Å². The van der Waals surface area contributed by atoms with Crippen LogP contribution < -0.4 is 0 Å². The number of likely N-dealkylation sites (tertiary alicyclic amines) is 1. The van der Waals surface area contributed by atoms with Gasteiger partial charge >= 0.3 is 11.9 Å². The third-order valence-electron chi connectivity index (χ3n) is 3.04. The molecule has 1 N–H and O–H groups in total. The number of hydrogen-bond donors (Lipinski definition) is 1. The Balaban J connectivity index is 1.87. The smallest absolute Gasteiger partial charge is 0.433 e. The number of hydrogen-bond acceptors (Lipinski definition) is 5. The number of nitro groups is 1. The number of furan rings is 1. The van der Waals surface area contributed by atoms with E-state index in [4.69, 9.17) is 9.52 Å². The summed E-state index contributed by atoms with van der Waals surface area (Å²) in [6, 6.07) is 2.92. The molecule has 0 spiro atoms. The summed E-state index contributed by atoms with van der Waals surface area (Å²) in [7, 11) is 0. The fraction of sp³-hybridized carbons (Fsp3) is 0.545. The van der Waals surface area contributed by atoms with E-state index < -0.39 is 10.9 Å². The second-order valence-electron chi connectivity index (χ2n) is 4.48. The van der Waals surface area contributed by atoms with Crippen molar-refractivity contribution in [3.8, 4) is 0 Å². The highest BCUT2D eigenvalue weighted by molar-refractivity contribution is 5.67. The number of carboxylic acids is 1. The zero-order valence-corrected chi connectivity index (χ0v) is 9.74. The molecular formula is C11H14N2O5. The van der Waals surface area contributed by atoms with Crippen LogP contribution in [0.4, 0.5) is 5.88 Å². The van der Waals surface area contributed by atoms with Gasteiger partial charge in [-0.05, 0) is 24.9 Å². The van der Waals surface area contributed by atoms with E-state index in [0.29, 0.717) is 18.8 Å². The summed E-state index contributed by atoms with van der Waals surface area (Å²) < 4.78 is 5.07. The van der Waals surface area contributed by atoms with Gasteiger partial charge in [-0.25, -0.2) is 0 Å². The van der Waals surface area contributed by atoms with Crippen LogP contribution in [-0.2, 0) is 11.3 Å². The van der Waals surface area contributed by atoms with Crippen LogP contribution >= 0.6 is 0 Å². The lowest BCUT2D eigenvalue weighted by Crippen LogP contribution is -2.20. The summed E-state index contributed by atoms with van der Waals surface area (Å²) in [5.74, 6) is -0.341. The van der Waals surface area contributed by atoms with E-state index in [-0.39, 0.29) is 18.2 Å². The highest BCUT2D eigenvalue weighted by Gasteiger charge is 2.25. The van der Waals surface area contributed by atoms with Crippen molar-refractivity contribution in [1.82, 2.24) is 4.90 Å². The number of carboxylic acid groups (broad SMARTS) is 1. The summed E-state index contributed by atoms with van der Waals surface area (Å²) in [5, 5.41) is 19.2. The van der Waals surface area contributed by atoms with E-state index in [1.54, 1.807) is 6.07 Å². The zero-order chi connectivity index (χ0) is 13.1. The van der Waals surface area contributed by atoms with Crippen molar-refractivity contribution < 1.29 is 19.2 Å². The molecular weight excluding hydrogens is 240 g/mol. The minimum atomic E-state index is -0.782. The molecule has 1 atom stereocenters. The molecule has 7 nitrogen and oxygen atoms in total. The van der Waals surface area contributed by atoms with Crippen molar-refractivity contribution in [3.63, 3.8) is 0 Å². The van der Waals surface area contributed by atoms with Crippen molar-refractivity contribution in [1.29, 1.82) is 0 Å². The largest absolute Gasteiger partial charge is 0.481 e. The molecule has 0 aromatic carbocycles. The van der Waals surface area contributed by atoms with E-state index in [9.17, 15) is 14.9 Å². The molecule has 7 heteroatoms. The Hall–Kier alpha value is -1.89. The maximum atomic E-state index is 10.6. The standard InChI is InChI=1S/C11H14N2O5/c14-11(15)5-8-3-4-12(6-8)7-9-1-2-10(18-9)13(16)17/h1-2,8H,3-7H2,(H,14,15). The van der Waals surface area contributed by atoms with Gasteiger partial charge in [0, 0.05) is 13.0 Å². The fourth-order valence-electron chi connectivity index (χ4n) is 2.24. The molecule has 2 heterocycles. The first kappa shape index (κ1) is 12.6. The van der Waals surface area contributed by atoms with Crippen LogP contribution in [0.1, 0.15) is 18.6 Å². The van der Waals surface area contributed by atoms with Crippen molar-refractivity contribution in [3.05, 3.63) is 28.0 Å². The second kappa shape index (κ2) is 5.18. The molecule has 1 aromatic rings. The van der Waals surface area contributed by atoms with Gasteiger partial charge in [0.05, 0.1) is 12.6 Å². The van der Waals surface area contributed by atoms with Gasteiger partial charge in [-0.2, -0.15) is 0 Å². The first-order valence-electron chi connectivity index (χ1n) is 5.72. The quantitative estimate of drug-likeness (QED) is 0.631. The summed E-state index contributed by atoms with van der Waals surface area (Å²) >= 11 is 0. The Kier molecular flexibility index (Phi) is 3.61. The third kappa shape index (κ3) is 3.07. The van der Waals surface area contributed by atoms with E-state index in [1.165, 1.54) is 6.07 Å². The lowest BCUT2D eigenvalue weighted by molar-refractivity contribution is -0.402. The predicted molar refractivity (Wildman–Crippen MR) is 61.0 cm³/mol. The number of nitrogens with zero attached hydrogens (tertiary/aromatic N) is 2. The Labute approximate surface area is 103 Å². The van der Waals surface area contributed by atoms with E-state index >= 15 is 0 Å². The molecule has 1 aromatic heterocycles. The minimum absolute atomic E-state index is 0.160. The van der Waals surface area contributed by atoms with Gasteiger partial charge in [0.25, 0.3) is 0 Å². The van der Waals surface area contributed by atoms with Crippen LogP contribution in [0.25, 0.3) is 0 Å². The van der Waals surface area contributed by atoms with Crippen LogP contribution in [0.3, 0.4) is 0 Å². The molecule has 0 amide bonds. The van der Waals surface area contributed by atoms with Crippen molar-refractivity contribution in [2.45, 2.75) is 19.4 Å². The average molecular weight is 254 g/mol. The van der Waals surface area contributed by atoms with Crippen LogP contribution in [0, 0.1) is 16.0 Å². The molecule has 98 valence electrons. The Bertz CT molecular complexity index is 456. The highest BCUT2D eigenvalue weighted by atomic mass is 16.6. The fourth-order valence-corrected chi connectivity index (χ4v) is 2.24. The molecule has 0 radical (unpaired) electrons. The van der Waals surface area contributed by atoms with Crippen molar-refractivity contribution >= 4 is 11.9 Å². The van der Waals surface area contributed by atoms with Crippen LogP contribution in [0.15, 0.2) is 16.5 Å².